The van der Waals surface area contributed by atoms with E-state index in [0.717, 1.165) is 32.6 Å². The number of fused-ring (bicyclic) bond motifs is 2. The van der Waals surface area contributed by atoms with Crippen LogP contribution in [0.1, 0.15) is 17.0 Å². The van der Waals surface area contributed by atoms with E-state index in [0.29, 0.717) is 0 Å². The highest BCUT2D eigenvalue weighted by Gasteiger charge is 2.08. The SMILES string of the molecule is Cc1ccc2nc(SCc3cn4c(C)csc4n3)[nH]c2c1. The first-order chi connectivity index (χ1) is 10.2. The molecule has 4 rings (SSSR count). The number of aromatic amines is 1. The molecule has 0 aliphatic rings. The topological polar surface area (TPSA) is 46.0 Å². The number of nitrogens with zero attached hydrogens (tertiary/aromatic N) is 3. The van der Waals surface area contributed by atoms with E-state index < -0.39 is 0 Å². The van der Waals surface area contributed by atoms with Crippen molar-refractivity contribution in [1.82, 2.24) is 19.4 Å². The van der Waals surface area contributed by atoms with Crippen LogP contribution in [0.3, 0.4) is 0 Å². The van der Waals surface area contributed by atoms with E-state index >= 15 is 0 Å². The molecule has 0 fully saturated rings. The fourth-order valence-electron chi connectivity index (χ4n) is 2.32. The molecule has 0 unspecified atom stereocenters. The Bertz CT molecular complexity index is 932. The van der Waals surface area contributed by atoms with Gasteiger partial charge in [0.1, 0.15) is 0 Å². The summed E-state index contributed by atoms with van der Waals surface area (Å²) in [7, 11) is 0. The fourth-order valence-corrected chi connectivity index (χ4v) is 3.96. The van der Waals surface area contributed by atoms with E-state index in [1.165, 1.54) is 11.3 Å². The van der Waals surface area contributed by atoms with Gasteiger partial charge in [0.15, 0.2) is 10.1 Å². The molecule has 0 radical (unpaired) electrons. The van der Waals surface area contributed by atoms with Gasteiger partial charge in [0, 0.05) is 23.0 Å². The second-order valence-corrected chi connectivity index (χ2v) is 6.91. The maximum absolute atomic E-state index is 4.64. The third kappa shape index (κ3) is 2.34. The van der Waals surface area contributed by atoms with Gasteiger partial charge in [-0.1, -0.05) is 17.8 Å². The monoisotopic (exact) mass is 314 g/mol. The molecule has 0 saturated carbocycles. The van der Waals surface area contributed by atoms with Crippen LogP contribution in [0.4, 0.5) is 0 Å². The van der Waals surface area contributed by atoms with Gasteiger partial charge in [-0.2, -0.15) is 0 Å². The van der Waals surface area contributed by atoms with E-state index in [4.69, 9.17) is 0 Å². The van der Waals surface area contributed by atoms with Crippen molar-refractivity contribution in [2.75, 3.05) is 0 Å². The summed E-state index contributed by atoms with van der Waals surface area (Å²) in [4.78, 5) is 13.7. The molecule has 3 aromatic heterocycles. The Labute approximate surface area is 130 Å². The molecule has 0 spiro atoms. The molecule has 4 nitrogen and oxygen atoms in total. The molecule has 0 saturated heterocycles. The molecule has 106 valence electrons. The van der Waals surface area contributed by atoms with E-state index in [1.54, 1.807) is 23.1 Å². The van der Waals surface area contributed by atoms with Gasteiger partial charge in [0.05, 0.1) is 16.7 Å². The Morgan fingerprint density at radius 2 is 2.19 bits per heavy atom. The number of thioether (sulfide) groups is 1. The zero-order chi connectivity index (χ0) is 14.4. The molecule has 1 N–H and O–H groups in total. The van der Waals surface area contributed by atoms with Crippen LogP contribution in [0.2, 0.25) is 0 Å². The number of benzene rings is 1. The van der Waals surface area contributed by atoms with Crippen LogP contribution < -0.4 is 0 Å². The van der Waals surface area contributed by atoms with Crippen LogP contribution in [0, 0.1) is 13.8 Å². The van der Waals surface area contributed by atoms with Gasteiger partial charge >= 0.3 is 0 Å². The third-order valence-electron chi connectivity index (χ3n) is 3.41. The second-order valence-electron chi connectivity index (χ2n) is 5.11. The number of hydrogen-bond acceptors (Lipinski definition) is 4. The van der Waals surface area contributed by atoms with Gasteiger partial charge in [0.2, 0.25) is 0 Å². The Balaban J connectivity index is 1.56. The maximum atomic E-state index is 4.64. The largest absolute Gasteiger partial charge is 0.333 e. The smallest absolute Gasteiger partial charge is 0.194 e. The summed E-state index contributed by atoms with van der Waals surface area (Å²) in [6.45, 7) is 4.19. The highest BCUT2D eigenvalue weighted by Crippen LogP contribution is 2.24. The van der Waals surface area contributed by atoms with Gasteiger partial charge in [-0.3, -0.25) is 4.40 Å². The maximum Gasteiger partial charge on any atom is 0.194 e. The quantitative estimate of drug-likeness (QED) is 0.577. The van der Waals surface area contributed by atoms with Crippen molar-refractivity contribution in [3.8, 4) is 0 Å². The standard InChI is InChI=1S/C15H14N4S2/c1-9-3-4-12-13(5-9)18-14(17-12)20-8-11-6-19-10(2)7-21-15(19)16-11/h3-7H,8H2,1-2H3,(H,17,18). The normalized spacial score (nSPS) is 11.7. The molecular formula is C15H14N4S2. The zero-order valence-electron chi connectivity index (χ0n) is 11.8. The summed E-state index contributed by atoms with van der Waals surface area (Å²) >= 11 is 3.37. The Morgan fingerprint density at radius 3 is 3.05 bits per heavy atom. The zero-order valence-corrected chi connectivity index (χ0v) is 13.4. The minimum absolute atomic E-state index is 0.826. The van der Waals surface area contributed by atoms with Gasteiger partial charge < -0.3 is 4.98 Å². The predicted octanol–water partition coefficient (Wildman–Crippen LogP) is 4.18. The lowest BCUT2D eigenvalue weighted by Crippen LogP contribution is -1.82. The van der Waals surface area contributed by atoms with Crippen molar-refractivity contribution in [1.29, 1.82) is 0 Å². The van der Waals surface area contributed by atoms with Crippen LogP contribution in [-0.4, -0.2) is 19.4 Å². The number of H-pyrrole nitrogens is 1. The summed E-state index contributed by atoms with van der Waals surface area (Å²) in [5, 5.41) is 3.07. The van der Waals surface area contributed by atoms with E-state index in [9.17, 15) is 0 Å². The van der Waals surface area contributed by atoms with Gasteiger partial charge in [-0.25, -0.2) is 9.97 Å². The highest BCUT2D eigenvalue weighted by molar-refractivity contribution is 7.98. The first kappa shape index (κ1) is 12.9. The number of aromatic nitrogens is 4. The van der Waals surface area contributed by atoms with Gasteiger partial charge in [0.25, 0.3) is 0 Å². The lowest BCUT2D eigenvalue weighted by Gasteiger charge is -1.93. The number of aryl methyl sites for hydroxylation is 2. The second kappa shape index (κ2) is 4.89. The molecule has 6 heteroatoms. The first-order valence-electron chi connectivity index (χ1n) is 6.70. The van der Waals surface area contributed by atoms with E-state index in [2.05, 4.69) is 63.0 Å². The Morgan fingerprint density at radius 1 is 1.29 bits per heavy atom. The lowest BCUT2D eigenvalue weighted by molar-refractivity contribution is 1.07. The molecule has 3 heterocycles. The van der Waals surface area contributed by atoms with Crippen molar-refractivity contribution >= 4 is 39.1 Å². The highest BCUT2D eigenvalue weighted by atomic mass is 32.2. The molecule has 4 aromatic rings. The van der Waals surface area contributed by atoms with Crippen molar-refractivity contribution in [2.24, 2.45) is 0 Å². The minimum Gasteiger partial charge on any atom is -0.333 e. The Kier molecular flexibility index (Phi) is 3.01. The van der Waals surface area contributed by atoms with Crippen molar-refractivity contribution in [3.63, 3.8) is 0 Å². The molecular weight excluding hydrogens is 300 g/mol. The molecule has 0 bridgehead atoms. The van der Waals surface area contributed by atoms with Crippen molar-refractivity contribution in [2.45, 2.75) is 24.8 Å². The van der Waals surface area contributed by atoms with E-state index in [1.807, 2.05) is 0 Å². The molecule has 21 heavy (non-hydrogen) atoms. The van der Waals surface area contributed by atoms with Crippen molar-refractivity contribution in [3.05, 3.63) is 46.7 Å². The van der Waals surface area contributed by atoms with Crippen LogP contribution in [0.15, 0.2) is 34.9 Å². The summed E-state index contributed by atoms with van der Waals surface area (Å²) < 4.78 is 2.14. The minimum atomic E-state index is 0.826. The summed E-state index contributed by atoms with van der Waals surface area (Å²) in [5.41, 5.74) is 5.68. The number of imidazole rings is 2. The van der Waals surface area contributed by atoms with Crippen LogP contribution in [-0.2, 0) is 5.75 Å². The van der Waals surface area contributed by atoms with Crippen LogP contribution in [0.5, 0.6) is 0 Å². The Hall–Kier alpha value is -1.79. The average molecular weight is 314 g/mol. The van der Waals surface area contributed by atoms with Gasteiger partial charge in [-0.05, 0) is 31.5 Å². The molecule has 0 amide bonds. The number of thiazole rings is 1. The number of rotatable bonds is 3. The third-order valence-corrected chi connectivity index (χ3v) is 5.28. The lowest BCUT2D eigenvalue weighted by atomic mass is 10.2. The molecule has 0 atom stereocenters. The number of nitrogens with one attached hydrogen (secondary N) is 1. The number of hydrogen-bond donors (Lipinski definition) is 1. The van der Waals surface area contributed by atoms with Crippen LogP contribution >= 0.6 is 23.1 Å². The average Bonchev–Trinajstić information content (AvgIpc) is 3.12. The van der Waals surface area contributed by atoms with Gasteiger partial charge in [-0.15, -0.1) is 11.3 Å². The van der Waals surface area contributed by atoms with Crippen molar-refractivity contribution < 1.29 is 0 Å². The fraction of sp³-hybridized carbons (Fsp3) is 0.200. The predicted molar refractivity (Wildman–Crippen MR) is 88.2 cm³/mol. The van der Waals surface area contributed by atoms with E-state index in [-0.39, 0.29) is 0 Å². The first-order valence-corrected chi connectivity index (χ1v) is 8.57. The summed E-state index contributed by atoms with van der Waals surface area (Å²) in [6, 6.07) is 6.27. The molecule has 1 aromatic carbocycles. The molecule has 0 aliphatic carbocycles. The summed E-state index contributed by atoms with van der Waals surface area (Å²) in [6.07, 6.45) is 2.11. The molecule has 0 aliphatic heterocycles. The van der Waals surface area contributed by atoms with Crippen LogP contribution in [0.25, 0.3) is 16.0 Å². The summed E-state index contributed by atoms with van der Waals surface area (Å²) in [5.74, 6) is 0.826.